The number of hydrazine groups is 1. The Hall–Kier alpha value is -1.80. The van der Waals surface area contributed by atoms with Crippen LogP contribution in [0.5, 0.6) is 0 Å². The fraction of sp³-hybridized carbons (Fsp3) is 0.200. The summed E-state index contributed by atoms with van der Waals surface area (Å²) < 4.78 is 0. The molecule has 2 aromatic rings. The largest absolute Gasteiger partial charge is 0.308 e. The lowest BCUT2D eigenvalue weighted by Crippen LogP contribution is -2.37. The van der Waals surface area contributed by atoms with E-state index in [1.54, 1.807) is 0 Å². The maximum Gasteiger partial charge on any atom is 0.0519 e. The van der Waals surface area contributed by atoms with E-state index >= 15 is 0 Å². The van der Waals surface area contributed by atoms with Gasteiger partial charge in [-0.2, -0.15) is 0 Å². The highest BCUT2D eigenvalue weighted by Crippen LogP contribution is 2.10. The van der Waals surface area contributed by atoms with E-state index in [2.05, 4.69) is 65.9 Å². The van der Waals surface area contributed by atoms with Crippen LogP contribution in [-0.2, 0) is 6.54 Å². The highest BCUT2D eigenvalue weighted by Gasteiger charge is 2.02. The minimum atomic E-state index is 0.851. The van der Waals surface area contributed by atoms with E-state index in [4.69, 9.17) is 0 Å². The van der Waals surface area contributed by atoms with Gasteiger partial charge in [0.2, 0.25) is 0 Å². The number of anilines is 1. The van der Waals surface area contributed by atoms with E-state index in [-0.39, 0.29) is 0 Å². The van der Waals surface area contributed by atoms with Crippen molar-refractivity contribution in [3.05, 3.63) is 66.2 Å². The maximum atomic E-state index is 3.44. The van der Waals surface area contributed by atoms with Gasteiger partial charge >= 0.3 is 0 Å². The second-order valence-electron chi connectivity index (χ2n) is 3.90. The van der Waals surface area contributed by atoms with Crippen LogP contribution in [0.15, 0.2) is 60.7 Å². The first kappa shape index (κ1) is 11.7. The molecule has 0 radical (unpaired) electrons. The summed E-state index contributed by atoms with van der Waals surface area (Å²) >= 11 is 0. The normalized spacial score (nSPS) is 10.2. The van der Waals surface area contributed by atoms with Crippen molar-refractivity contribution in [2.24, 2.45) is 0 Å². The Bertz CT molecular complexity index is 425. The molecule has 0 atom stereocenters. The lowest BCUT2D eigenvalue weighted by Gasteiger charge is -2.24. The molecule has 0 fully saturated rings. The van der Waals surface area contributed by atoms with Crippen LogP contribution in [0.4, 0.5) is 5.69 Å². The molecule has 0 bridgehead atoms. The van der Waals surface area contributed by atoms with Gasteiger partial charge in [0.15, 0.2) is 0 Å². The molecule has 0 saturated carbocycles. The molecule has 0 aromatic heterocycles. The summed E-state index contributed by atoms with van der Waals surface area (Å²) in [5.74, 6) is 0. The van der Waals surface area contributed by atoms with Crippen molar-refractivity contribution < 1.29 is 0 Å². The zero-order valence-corrected chi connectivity index (χ0v) is 10.1. The number of hydrogen-bond acceptors (Lipinski definition) is 2. The molecule has 2 rings (SSSR count). The van der Waals surface area contributed by atoms with Crippen LogP contribution < -0.4 is 10.4 Å². The molecule has 2 aromatic carbocycles. The lowest BCUT2D eigenvalue weighted by molar-refractivity contribution is 0.638. The standard InChI is InChI=1S/C15H18N2/c1-2-17(15-11-7-4-8-12-15)16-13-14-9-5-3-6-10-14/h3-12,16H,2,13H2,1H3. The molecule has 0 unspecified atom stereocenters. The van der Waals surface area contributed by atoms with Gasteiger partial charge in [0.25, 0.3) is 0 Å². The molecule has 0 spiro atoms. The molecule has 1 N–H and O–H groups in total. The third kappa shape index (κ3) is 3.33. The molecule has 0 amide bonds. The summed E-state index contributed by atoms with van der Waals surface area (Å²) in [6.45, 7) is 3.94. The Morgan fingerprint density at radius 3 is 2.06 bits per heavy atom. The van der Waals surface area contributed by atoms with Crippen LogP contribution in [0.1, 0.15) is 12.5 Å². The molecule has 88 valence electrons. The number of rotatable bonds is 5. The molecule has 0 aliphatic heterocycles. The van der Waals surface area contributed by atoms with Gasteiger partial charge in [-0.3, -0.25) is 0 Å². The summed E-state index contributed by atoms with van der Waals surface area (Å²) in [5.41, 5.74) is 5.93. The predicted molar refractivity (Wildman–Crippen MR) is 72.7 cm³/mol. The third-order valence-corrected chi connectivity index (χ3v) is 2.70. The second-order valence-corrected chi connectivity index (χ2v) is 3.90. The van der Waals surface area contributed by atoms with Gasteiger partial charge < -0.3 is 5.01 Å². The van der Waals surface area contributed by atoms with E-state index in [1.807, 2.05) is 12.1 Å². The summed E-state index contributed by atoms with van der Waals surface area (Å²) in [7, 11) is 0. The topological polar surface area (TPSA) is 15.3 Å². The van der Waals surface area contributed by atoms with Gasteiger partial charge in [-0.1, -0.05) is 48.5 Å². The molecule has 0 heterocycles. The van der Waals surface area contributed by atoms with E-state index in [1.165, 1.54) is 11.3 Å². The summed E-state index contributed by atoms with van der Waals surface area (Å²) in [6, 6.07) is 20.8. The van der Waals surface area contributed by atoms with Crippen molar-refractivity contribution in [2.75, 3.05) is 11.6 Å². The minimum absolute atomic E-state index is 0.851. The summed E-state index contributed by atoms with van der Waals surface area (Å²) in [5, 5.41) is 2.16. The first-order chi connectivity index (χ1) is 8.40. The third-order valence-electron chi connectivity index (χ3n) is 2.70. The van der Waals surface area contributed by atoms with Gasteiger partial charge in [-0.05, 0) is 24.6 Å². The maximum absolute atomic E-state index is 3.44. The lowest BCUT2D eigenvalue weighted by atomic mass is 10.2. The number of para-hydroxylation sites is 1. The highest BCUT2D eigenvalue weighted by atomic mass is 15.5. The van der Waals surface area contributed by atoms with E-state index in [0.29, 0.717) is 0 Å². The first-order valence-corrected chi connectivity index (χ1v) is 6.00. The van der Waals surface area contributed by atoms with Crippen molar-refractivity contribution in [1.29, 1.82) is 0 Å². The zero-order valence-electron chi connectivity index (χ0n) is 10.1. The molecule has 2 nitrogen and oxygen atoms in total. The molecule has 17 heavy (non-hydrogen) atoms. The monoisotopic (exact) mass is 226 g/mol. The Balaban J connectivity index is 1.97. The van der Waals surface area contributed by atoms with Crippen molar-refractivity contribution >= 4 is 5.69 Å². The van der Waals surface area contributed by atoms with Gasteiger partial charge in [0.1, 0.15) is 0 Å². The molecule has 0 aliphatic carbocycles. The minimum Gasteiger partial charge on any atom is -0.308 e. The smallest absolute Gasteiger partial charge is 0.0519 e. The van der Waals surface area contributed by atoms with Gasteiger partial charge in [-0.15, -0.1) is 0 Å². The quantitative estimate of drug-likeness (QED) is 0.787. The van der Waals surface area contributed by atoms with Crippen LogP contribution in [-0.4, -0.2) is 6.54 Å². The summed E-state index contributed by atoms with van der Waals surface area (Å²) in [6.07, 6.45) is 0. The van der Waals surface area contributed by atoms with Crippen LogP contribution in [0.2, 0.25) is 0 Å². The summed E-state index contributed by atoms with van der Waals surface area (Å²) in [4.78, 5) is 0. The van der Waals surface area contributed by atoms with Crippen LogP contribution in [0.3, 0.4) is 0 Å². The van der Waals surface area contributed by atoms with Crippen LogP contribution in [0, 0.1) is 0 Å². The van der Waals surface area contributed by atoms with Crippen LogP contribution in [0.25, 0.3) is 0 Å². The number of nitrogens with zero attached hydrogens (tertiary/aromatic N) is 1. The molecular formula is C15H18N2. The molecule has 2 heteroatoms. The van der Waals surface area contributed by atoms with Crippen molar-refractivity contribution in [2.45, 2.75) is 13.5 Å². The van der Waals surface area contributed by atoms with Crippen molar-refractivity contribution in [3.8, 4) is 0 Å². The van der Waals surface area contributed by atoms with Gasteiger partial charge in [-0.25, -0.2) is 5.43 Å². The zero-order chi connectivity index (χ0) is 11.9. The number of benzene rings is 2. The Morgan fingerprint density at radius 2 is 1.47 bits per heavy atom. The molecule has 0 saturated heterocycles. The fourth-order valence-electron chi connectivity index (χ4n) is 1.78. The SMILES string of the molecule is CCN(NCc1ccccc1)c1ccccc1. The van der Waals surface area contributed by atoms with Gasteiger partial charge in [0.05, 0.1) is 5.69 Å². The Kier molecular flexibility index (Phi) is 4.17. The molecular weight excluding hydrogens is 208 g/mol. The molecule has 0 aliphatic rings. The van der Waals surface area contributed by atoms with E-state index in [9.17, 15) is 0 Å². The fourth-order valence-corrected chi connectivity index (χ4v) is 1.78. The predicted octanol–water partition coefficient (Wildman–Crippen LogP) is 3.22. The Labute approximate surface area is 103 Å². The second kappa shape index (κ2) is 6.06. The van der Waals surface area contributed by atoms with Crippen molar-refractivity contribution in [3.63, 3.8) is 0 Å². The average Bonchev–Trinajstić information content (AvgIpc) is 2.42. The average molecular weight is 226 g/mol. The first-order valence-electron chi connectivity index (χ1n) is 6.00. The van der Waals surface area contributed by atoms with E-state index in [0.717, 1.165) is 13.1 Å². The van der Waals surface area contributed by atoms with Gasteiger partial charge in [0, 0.05) is 13.1 Å². The van der Waals surface area contributed by atoms with Crippen LogP contribution >= 0.6 is 0 Å². The highest BCUT2D eigenvalue weighted by molar-refractivity contribution is 5.44. The van der Waals surface area contributed by atoms with E-state index < -0.39 is 0 Å². The number of hydrogen-bond donors (Lipinski definition) is 1. The Morgan fingerprint density at radius 1 is 0.882 bits per heavy atom. The number of nitrogens with one attached hydrogen (secondary N) is 1. The van der Waals surface area contributed by atoms with Crippen molar-refractivity contribution in [1.82, 2.24) is 5.43 Å².